The van der Waals surface area contributed by atoms with Gasteiger partial charge < -0.3 is 10.3 Å². The number of amides is 1. The highest BCUT2D eigenvalue weighted by Crippen LogP contribution is 2.32. The fraction of sp³-hybridized carbons (Fsp3) is 0.385. The zero-order valence-electron chi connectivity index (χ0n) is 9.73. The summed E-state index contributed by atoms with van der Waals surface area (Å²) >= 11 is 0. The summed E-state index contributed by atoms with van der Waals surface area (Å²) in [6, 6.07) is 5.80. The van der Waals surface area contributed by atoms with Crippen molar-refractivity contribution in [1.29, 1.82) is 0 Å². The number of hydrogen-bond donors (Lipinski definition) is 2. The van der Waals surface area contributed by atoms with E-state index in [9.17, 15) is 4.79 Å². The van der Waals surface area contributed by atoms with E-state index in [0.717, 1.165) is 11.0 Å². The van der Waals surface area contributed by atoms with Crippen LogP contribution in [0.5, 0.6) is 0 Å². The first-order valence-corrected chi connectivity index (χ1v) is 5.98. The van der Waals surface area contributed by atoms with Crippen LogP contribution in [-0.4, -0.2) is 21.9 Å². The third-order valence-electron chi connectivity index (χ3n) is 3.37. The quantitative estimate of drug-likeness (QED) is 0.846. The smallest absolute Gasteiger partial charge is 0.251 e. The van der Waals surface area contributed by atoms with Crippen molar-refractivity contribution in [3.63, 3.8) is 0 Å². The fourth-order valence-electron chi connectivity index (χ4n) is 2.08. The van der Waals surface area contributed by atoms with Crippen LogP contribution < -0.4 is 5.32 Å². The van der Waals surface area contributed by atoms with Crippen LogP contribution in [0.4, 0.5) is 0 Å². The molecule has 2 aromatic rings. The van der Waals surface area contributed by atoms with E-state index in [-0.39, 0.29) is 11.9 Å². The van der Waals surface area contributed by atoms with Crippen molar-refractivity contribution in [3.8, 4) is 0 Å². The molecule has 3 rings (SSSR count). The first-order chi connectivity index (χ1) is 8.24. The number of carbonyl (C=O) groups is 1. The number of carbonyl (C=O) groups excluding carboxylic acids is 1. The Kier molecular flexibility index (Phi) is 2.35. The number of H-pyrrole nitrogens is 1. The lowest BCUT2D eigenvalue weighted by Crippen LogP contribution is -2.33. The number of benzene rings is 1. The summed E-state index contributed by atoms with van der Waals surface area (Å²) < 4.78 is 0. The highest BCUT2D eigenvalue weighted by atomic mass is 16.1. The molecule has 0 bridgehead atoms. The third-order valence-corrected chi connectivity index (χ3v) is 3.37. The van der Waals surface area contributed by atoms with Gasteiger partial charge in [0.1, 0.15) is 0 Å². The summed E-state index contributed by atoms with van der Waals surface area (Å²) in [7, 11) is 0. The second-order valence-corrected chi connectivity index (χ2v) is 4.73. The van der Waals surface area contributed by atoms with Gasteiger partial charge in [-0.3, -0.25) is 4.79 Å². The first-order valence-electron chi connectivity index (χ1n) is 5.98. The minimum Gasteiger partial charge on any atom is -0.349 e. The fourth-order valence-corrected chi connectivity index (χ4v) is 2.08. The Morgan fingerprint density at radius 3 is 3.12 bits per heavy atom. The molecule has 1 heterocycles. The lowest BCUT2D eigenvalue weighted by Gasteiger charge is -2.12. The maximum Gasteiger partial charge on any atom is 0.251 e. The Balaban J connectivity index is 1.79. The molecule has 1 amide bonds. The maximum absolute atomic E-state index is 12.0. The van der Waals surface area contributed by atoms with Crippen LogP contribution in [0.1, 0.15) is 30.1 Å². The van der Waals surface area contributed by atoms with E-state index in [1.807, 2.05) is 18.2 Å². The second kappa shape index (κ2) is 3.87. The predicted molar refractivity (Wildman–Crippen MR) is 65.7 cm³/mol. The van der Waals surface area contributed by atoms with Crippen molar-refractivity contribution in [3.05, 3.63) is 30.1 Å². The van der Waals surface area contributed by atoms with Gasteiger partial charge in [-0.1, -0.05) is 0 Å². The molecule has 4 nitrogen and oxygen atoms in total. The molecule has 0 saturated heterocycles. The third kappa shape index (κ3) is 2.02. The number of imidazole rings is 1. The van der Waals surface area contributed by atoms with Crippen molar-refractivity contribution in [1.82, 2.24) is 15.3 Å². The van der Waals surface area contributed by atoms with E-state index in [2.05, 4.69) is 22.2 Å². The molecule has 1 atom stereocenters. The lowest BCUT2D eigenvalue weighted by molar-refractivity contribution is 0.0936. The number of hydrogen-bond acceptors (Lipinski definition) is 2. The Bertz CT molecular complexity index is 557. The molecule has 1 aliphatic carbocycles. The summed E-state index contributed by atoms with van der Waals surface area (Å²) in [5.74, 6) is 0.677. The molecule has 0 spiro atoms. The number of aromatic nitrogens is 2. The minimum absolute atomic E-state index is 0.000833. The topological polar surface area (TPSA) is 57.8 Å². The van der Waals surface area contributed by atoms with Crippen molar-refractivity contribution in [2.24, 2.45) is 5.92 Å². The van der Waals surface area contributed by atoms with Crippen LogP contribution in [0, 0.1) is 5.92 Å². The second-order valence-electron chi connectivity index (χ2n) is 4.73. The van der Waals surface area contributed by atoms with Gasteiger partial charge in [0.15, 0.2) is 0 Å². The average molecular weight is 229 g/mol. The van der Waals surface area contributed by atoms with Gasteiger partial charge >= 0.3 is 0 Å². The normalized spacial score (nSPS) is 17.0. The van der Waals surface area contributed by atoms with E-state index in [0.29, 0.717) is 11.5 Å². The van der Waals surface area contributed by atoms with Gasteiger partial charge in [-0.15, -0.1) is 0 Å². The molecular weight excluding hydrogens is 214 g/mol. The van der Waals surface area contributed by atoms with Crippen LogP contribution >= 0.6 is 0 Å². The average Bonchev–Trinajstić information content (AvgIpc) is 3.07. The van der Waals surface area contributed by atoms with Crippen molar-refractivity contribution < 1.29 is 4.79 Å². The molecule has 17 heavy (non-hydrogen) atoms. The highest BCUT2D eigenvalue weighted by molar-refractivity contribution is 5.97. The van der Waals surface area contributed by atoms with E-state index in [1.54, 1.807) is 6.33 Å². The van der Waals surface area contributed by atoms with Gasteiger partial charge in [-0.2, -0.15) is 0 Å². The van der Waals surface area contributed by atoms with Gasteiger partial charge in [-0.25, -0.2) is 4.98 Å². The van der Waals surface area contributed by atoms with Gasteiger partial charge in [0.2, 0.25) is 0 Å². The monoisotopic (exact) mass is 229 g/mol. The zero-order valence-corrected chi connectivity index (χ0v) is 9.73. The Labute approximate surface area is 99.4 Å². The number of fused-ring (bicyclic) bond motifs is 1. The molecule has 0 radical (unpaired) electrons. The van der Waals surface area contributed by atoms with Crippen molar-refractivity contribution in [2.75, 3.05) is 0 Å². The number of aromatic amines is 1. The highest BCUT2D eigenvalue weighted by Gasteiger charge is 2.29. The predicted octanol–water partition coefficient (Wildman–Crippen LogP) is 2.09. The molecule has 1 saturated carbocycles. The molecular formula is C13H15N3O. The molecule has 1 fully saturated rings. The maximum atomic E-state index is 12.0. The largest absolute Gasteiger partial charge is 0.349 e. The Morgan fingerprint density at radius 1 is 1.53 bits per heavy atom. The Hall–Kier alpha value is -1.84. The molecule has 0 unspecified atom stereocenters. The summed E-state index contributed by atoms with van der Waals surface area (Å²) in [6.07, 6.45) is 4.11. The van der Waals surface area contributed by atoms with Crippen molar-refractivity contribution >= 4 is 16.9 Å². The summed E-state index contributed by atoms with van der Waals surface area (Å²) in [5.41, 5.74) is 2.47. The van der Waals surface area contributed by atoms with Gasteiger partial charge in [0.25, 0.3) is 5.91 Å². The molecule has 2 N–H and O–H groups in total. The molecule has 1 aromatic heterocycles. The standard InChI is InChI=1S/C13H15N3O/c1-8(9-2-3-9)16-13(17)10-4-5-11-12(6-10)15-7-14-11/h4-9H,2-3H2,1H3,(H,14,15)(H,16,17)/t8-/m0/s1. The van der Waals surface area contributed by atoms with E-state index < -0.39 is 0 Å². The summed E-state index contributed by atoms with van der Waals surface area (Å²) in [4.78, 5) is 19.2. The van der Waals surface area contributed by atoms with Gasteiger partial charge in [-0.05, 0) is 43.9 Å². The van der Waals surface area contributed by atoms with E-state index >= 15 is 0 Å². The minimum atomic E-state index is 0.000833. The number of nitrogens with one attached hydrogen (secondary N) is 2. The summed E-state index contributed by atoms with van der Waals surface area (Å²) in [5, 5.41) is 3.04. The number of nitrogens with zero attached hydrogens (tertiary/aromatic N) is 1. The van der Waals surface area contributed by atoms with Crippen LogP contribution in [0.25, 0.3) is 11.0 Å². The van der Waals surface area contributed by atoms with Crippen molar-refractivity contribution in [2.45, 2.75) is 25.8 Å². The molecule has 0 aliphatic heterocycles. The van der Waals surface area contributed by atoms with E-state index in [1.165, 1.54) is 12.8 Å². The zero-order chi connectivity index (χ0) is 11.8. The van der Waals surface area contributed by atoms with E-state index in [4.69, 9.17) is 0 Å². The molecule has 88 valence electrons. The molecule has 1 aromatic carbocycles. The van der Waals surface area contributed by atoms with Gasteiger partial charge in [0, 0.05) is 11.6 Å². The number of rotatable bonds is 3. The summed E-state index contributed by atoms with van der Waals surface area (Å²) in [6.45, 7) is 2.07. The van der Waals surface area contributed by atoms with Crippen LogP contribution in [0.3, 0.4) is 0 Å². The lowest BCUT2D eigenvalue weighted by atomic mass is 10.1. The van der Waals surface area contributed by atoms with Crippen LogP contribution in [0.15, 0.2) is 24.5 Å². The molecule has 4 heteroatoms. The van der Waals surface area contributed by atoms with Gasteiger partial charge in [0.05, 0.1) is 17.4 Å². The van der Waals surface area contributed by atoms with Crippen LogP contribution in [0.2, 0.25) is 0 Å². The molecule has 1 aliphatic rings. The van der Waals surface area contributed by atoms with Crippen LogP contribution in [-0.2, 0) is 0 Å². The Morgan fingerprint density at radius 2 is 2.35 bits per heavy atom. The SMILES string of the molecule is C[C@H](NC(=O)c1ccc2nc[nH]c2c1)C1CC1. The first kappa shape index (κ1) is 10.3.